The van der Waals surface area contributed by atoms with Crippen LogP contribution in [-0.4, -0.2) is 31.9 Å². The molecule has 0 aliphatic heterocycles. The fourth-order valence-corrected chi connectivity index (χ4v) is 2.78. The molecule has 3 N–H and O–H groups in total. The summed E-state index contributed by atoms with van der Waals surface area (Å²) in [5.41, 5.74) is 1.11. The molecule has 0 radical (unpaired) electrons. The molecule has 0 aliphatic carbocycles. The summed E-state index contributed by atoms with van der Waals surface area (Å²) in [5, 5.41) is 13.6. The van der Waals surface area contributed by atoms with Gasteiger partial charge in [-0.2, -0.15) is 0 Å². The molecule has 21 heavy (non-hydrogen) atoms. The molecular weight excluding hydrogens is 288 g/mol. The van der Waals surface area contributed by atoms with Crippen LogP contribution in [0.2, 0.25) is 0 Å². The number of hydrogen-bond donors (Lipinski definition) is 3. The second-order valence-corrected chi connectivity index (χ2v) is 7.78. The molecular formula is C15H26N2O3S. The topological polar surface area (TPSA) is 78.4 Å². The van der Waals surface area contributed by atoms with Crippen molar-refractivity contribution in [3.05, 3.63) is 29.8 Å². The first-order valence-electron chi connectivity index (χ1n) is 7.14. The highest BCUT2D eigenvalue weighted by atomic mass is 32.2. The van der Waals surface area contributed by atoms with Gasteiger partial charge in [-0.15, -0.1) is 0 Å². The molecule has 0 spiro atoms. The minimum absolute atomic E-state index is 0.0294. The Balaban J connectivity index is 2.70. The molecule has 0 fully saturated rings. The Morgan fingerprint density at radius 2 is 2.00 bits per heavy atom. The van der Waals surface area contributed by atoms with E-state index in [-0.39, 0.29) is 5.54 Å². The van der Waals surface area contributed by atoms with Crippen LogP contribution in [0.1, 0.15) is 45.3 Å². The van der Waals surface area contributed by atoms with Crippen LogP contribution >= 0.6 is 0 Å². The molecule has 0 saturated heterocycles. The van der Waals surface area contributed by atoms with Crippen LogP contribution in [0, 0.1) is 0 Å². The smallest absolute Gasteiger partial charge is 0.229 e. The van der Waals surface area contributed by atoms with Crippen molar-refractivity contribution in [2.45, 2.75) is 45.3 Å². The van der Waals surface area contributed by atoms with Gasteiger partial charge in [0.25, 0.3) is 0 Å². The van der Waals surface area contributed by atoms with E-state index in [0.717, 1.165) is 19.1 Å². The van der Waals surface area contributed by atoms with Crippen LogP contribution in [-0.2, 0) is 10.0 Å². The minimum Gasteiger partial charge on any atom is -0.387 e. The van der Waals surface area contributed by atoms with Gasteiger partial charge in [0, 0.05) is 17.8 Å². The summed E-state index contributed by atoms with van der Waals surface area (Å²) in [6, 6.07) is 6.82. The molecule has 1 aromatic carbocycles. The van der Waals surface area contributed by atoms with E-state index < -0.39 is 16.1 Å². The largest absolute Gasteiger partial charge is 0.387 e. The minimum atomic E-state index is -3.31. The first-order chi connectivity index (χ1) is 9.63. The lowest BCUT2D eigenvalue weighted by Crippen LogP contribution is -2.41. The molecule has 1 atom stereocenters. The third kappa shape index (κ3) is 6.93. The lowest BCUT2D eigenvalue weighted by Gasteiger charge is -2.27. The SMILES string of the molecule is CCCC(C)(C)NC[C@H](O)c1cccc(NS(C)(=O)=O)c1. The fourth-order valence-electron chi connectivity index (χ4n) is 2.23. The van der Waals surface area contributed by atoms with Crippen molar-refractivity contribution >= 4 is 15.7 Å². The highest BCUT2D eigenvalue weighted by Gasteiger charge is 2.18. The number of aliphatic hydroxyl groups is 1. The lowest BCUT2D eigenvalue weighted by molar-refractivity contribution is 0.159. The van der Waals surface area contributed by atoms with E-state index >= 15 is 0 Å². The third-order valence-electron chi connectivity index (χ3n) is 3.22. The van der Waals surface area contributed by atoms with E-state index in [1.54, 1.807) is 24.3 Å². The Hall–Kier alpha value is -1.11. The summed E-state index contributed by atoms with van der Waals surface area (Å²) in [6.45, 7) is 6.76. The standard InChI is InChI=1S/C15H26N2O3S/c1-5-9-15(2,3)16-11-14(18)12-7-6-8-13(10-12)17-21(4,19)20/h6-8,10,14,16-18H,5,9,11H2,1-4H3/t14-/m0/s1. The van der Waals surface area contributed by atoms with Gasteiger partial charge in [-0.1, -0.05) is 25.5 Å². The number of hydrogen-bond acceptors (Lipinski definition) is 4. The van der Waals surface area contributed by atoms with Gasteiger partial charge in [-0.3, -0.25) is 4.72 Å². The maximum Gasteiger partial charge on any atom is 0.229 e. The van der Waals surface area contributed by atoms with Crippen molar-refractivity contribution in [1.82, 2.24) is 5.32 Å². The van der Waals surface area contributed by atoms with Crippen LogP contribution < -0.4 is 10.0 Å². The summed E-state index contributed by atoms with van der Waals surface area (Å²) in [7, 11) is -3.31. The van der Waals surface area contributed by atoms with Crippen molar-refractivity contribution in [1.29, 1.82) is 0 Å². The van der Waals surface area contributed by atoms with Crippen molar-refractivity contribution in [2.24, 2.45) is 0 Å². The number of anilines is 1. The molecule has 0 heterocycles. The van der Waals surface area contributed by atoms with Crippen LogP contribution in [0.5, 0.6) is 0 Å². The Morgan fingerprint density at radius 3 is 2.57 bits per heavy atom. The molecule has 0 unspecified atom stereocenters. The van der Waals surface area contributed by atoms with Gasteiger partial charge in [-0.05, 0) is 38.0 Å². The molecule has 0 bridgehead atoms. The number of sulfonamides is 1. The van der Waals surface area contributed by atoms with E-state index in [2.05, 4.69) is 30.8 Å². The van der Waals surface area contributed by atoms with Crippen LogP contribution in [0.3, 0.4) is 0 Å². The highest BCUT2D eigenvalue weighted by Crippen LogP contribution is 2.19. The van der Waals surface area contributed by atoms with Crippen molar-refractivity contribution < 1.29 is 13.5 Å². The number of β-amino-alcohol motifs (C(OH)–C–C–N with tert-alkyl or cyclic N) is 1. The summed E-state index contributed by atoms with van der Waals surface area (Å²) in [4.78, 5) is 0. The van der Waals surface area contributed by atoms with E-state index in [1.807, 2.05) is 0 Å². The molecule has 1 aromatic rings. The van der Waals surface area contributed by atoms with Gasteiger partial charge in [-0.25, -0.2) is 8.42 Å². The molecule has 1 rings (SSSR count). The van der Waals surface area contributed by atoms with Gasteiger partial charge < -0.3 is 10.4 Å². The van der Waals surface area contributed by atoms with Gasteiger partial charge in [0.15, 0.2) is 0 Å². The van der Waals surface area contributed by atoms with Gasteiger partial charge in [0.2, 0.25) is 10.0 Å². The maximum absolute atomic E-state index is 11.2. The fraction of sp³-hybridized carbons (Fsp3) is 0.600. The van der Waals surface area contributed by atoms with Gasteiger partial charge in [0.1, 0.15) is 0 Å². The predicted octanol–water partition coefficient (Wildman–Crippen LogP) is 2.26. The average molecular weight is 314 g/mol. The Morgan fingerprint density at radius 1 is 1.33 bits per heavy atom. The third-order valence-corrected chi connectivity index (χ3v) is 3.83. The van der Waals surface area contributed by atoms with Crippen molar-refractivity contribution in [3.8, 4) is 0 Å². The lowest BCUT2D eigenvalue weighted by atomic mass is 9.98. The molecule has 0 aromatic heterocycles. The highest BCUT2D eigenvalue weighted by molar-refractivity contribution is 7.92. The number of aliphatic hydroxyl groups excluding tert-OH is 1. The summed E-state index contributed by atoms with van der Waals surface area (Å²) < 4.78 is 24.9. The van der Waals surface area contributed by atoms with Gasteiger partial charge in [0.05, 0.1) is 12.4 Å². The van der Waals surface area contributed by atoms with Crippen LogP contribution in [0.4, 0.5) is 5.69 Å². The van der Waals surface area contributed by atoms with Crippen molar-refractivity contribution in [2.75, 3.05) is 17.5 Å². The molecule has 0 aliphatic rings. The van der Waals surface area contributed by atoms with Crippen molar-refractivity contribution in [3.63, 3.8) is 0 Å². The quantitative estimate of drug-likeness (QED) is 0.688. The summed E-state index contributed by atoms with van der Waals surface area (Å²) >= 11 is 0. The Labute approximate surface area is 127 Å². The molecule has 5 nitrogen and oxygen atoms in total. The van der Waals surface area contributed by atoms with Crippen LogP contribution in [0.25, 0.3) is 0 Å². The van der Waals surface area contributed by atoms with E-state index in [9.17, 15) is 13.5 Å². The first kappa shape index (κ1) is 17.9. The molecule has 6 heteroatoms. The Bertz CT molecular complexity index is 556. The van der Waals surface area contributed by atoms with Gasteiger partial charge >= 0.3 is 0 Å². The molecule has 0 amide bonds. The number of rotatable bonds is 8. The zero-order valence-corrected chi connectivity index (χ0v) is 14.0. The molecule has 120 valence electrons. The second kappa shape index (κ2) is 7.24. The predicted molar refractivity (Wildman–Crippen MR) is 86.9 cm³/mol. The van der Waals surface area contributed by atoms with Crippen LogP contribution in [0.15, 0.2) is 24.3 Å². The summed E-state index contributed by atoms with van der Waals surface area (Å²) in [5.74, 6) is 0. The van der Waals surface area contributed by atoms with E-state index in [1.165, 1.54) is 0 Å². The zero-order valence-electron chi connectivity index (χ0n) is 13.2. The van der Waals surface area contributed by atoms with E-state index in [4.69, 9.17) is 0 Å². The second-order valence-electron chi connectivity index (χ2n) is 6.03. The summed E-state index contributed by atoms with van der Waals surface area (Å²) in [6.07, 6.45) is 2.52. The van der Waals surface area contributed by atoms with E-state index in [0.29, 0.717) is 17.8 Å². The maximum atomic E-state index is 11.2. The first-order valence-corrected chi connectivity index (χ1v) is 9.03. The number of benzene rings is 1. The molecule has 0 saturated carbocycles. The average Bonchev–Trinajstić information content (AvgIpc) is 2.34. The monoisotopic (exact) mass is 314 g/mol. The Kier molecular flexibility index (Phi) is 6.19. The zero-order chi connectivity index (χ0) is 16.1. The normalized spacial score (nSPS) is 14.0. The number of nitrogens with one attached hydrogen (secondary N) is 2.